The Morgan fingerprint density at radius 1 is 1.21 bits per heavy atom. The standard InChI is InChI=1S/C17H24N6O9P2/c18-5-12-21-15(20-9-3-1-2-4-9)10-6-19-23(16(10)22-12)17-14(25)13(24)11(32-17)7-31-34(29,30)8-33(26,27)28/h6,9,11,13-14,17,24-25H,1-4,7-8H2,(H,29,30)(H,20,21,22)(H2,26,27,28)/t11-,13-,14-,17-/m1/s1. The Morgan fingerprint density at radius 3 is 2.56 bits per heavy atom. The van der Waals surface area contributed by atoms with Crippen molar-refractivity contribution in [3.63, 3.8) is 0 Å². The quantitative estimate of drug-likeness (QED) is 0.253. The number of aliphatic hydroxyl groups is 2. The lowest BCUT2D eigenvalue weighted by Crippen LogP contribution is -2.33. The summed E-state index contributed by atoms with van der Waals surface area (Å²) in [6.45, 7) is -0.728. The fourth-order valence-corrected chi connectivity index (χ4v) is 6.64. The molecule has 2 aromatic rings. The molecule has 0 spiro atoms. The van der Waals surface area contributed by atoms with Gasteiger partial charge in [0, 0.05) is 6.04 Å². The van der Waals surface area contributed by atoms with E-state index < -0.39 is 52.2 Å². The van der Waals surface area contributed by atoms with Crippen molar-refractivity contribution in [2.75, 3.05) is 17.8 Å². The SMILES string of the molecule is N#Cc1nc(NC2CCCC2)c2cnn([C@@H]3O[C@H](COP(=O)(O)CP(=O)(O)O)[C@@H](O)[C@H]3O)c2n1. The maximum absolute atomic E-state index is 11.9. The van der Waals surface area contributed by atoms with Crippen molar-refractivity contribution in [3.8, 4) is 6.07 Å². The molecular weight excluding hydrogens is 494 g/mol. The van der Waals surface area contributed by atoms with E-state index in [0.717, 1.165) is 25.7 Å². The van der Waals surface area contributed by atoms with Crippen molar-refractivity contribution >= 4 is 32.0 Å². The first-order valence-corrected chi connectivity index (χ1v) is 14.0. The number of ether oxygens (including phenoxy) is 1. The van der Waals surface area contributed by atoms with Crippen molar-refractivity contribution in [3.05, 3.63) is 12.0 Å². The molecule has 6 N–H and O–H groups in total. The van der Waals surface area contributed by atoms with Crippen molar-refractivity contribution < 1.29 is 43.3 Å². The van der Waals surface area contributed by atoms with Crippen LogP contribution in [-0.4, -0.2) is 81.5 Å². The van der Waals surface area contributed by atoms with E-state index in [9.17, 15) is 29.5 Å². The number of anilines is 1. The number of rotatable bonds is 8. The minimum absolute atomic E-state index is 0.138. The fourth-order valence-electron chi connectivity index (χ4n) is 4.07. The highest BCUT2D eigenvalue weighted by molar-refractivity contribution is 7.70. The number of hydrogen-bond donors (Lipinski definition) is 6. The molecule has 17 heteroatoms. The van der Waals surface area contributed by atoms with Gasteiger partial charge in [0.2, 0.25) is 5.82 Å². The van der Waals surface area contributed by atoms with E-state index in [-0.39, 0.29) is 17.5 Å². The van der Waals surface area contributed by atoms with Crippen molar-refractivity contribution in [1.82, 2.24) is 19.7 Å². The average Bonchev–Trinajstić information content (AvgIpc) is 3.46. The van der Waals surface area contributed by atoms with Gasteiger partial charge in [0.15, 0.2) is 17.8 Å². The first-order valence-electron chi connectivity index (χ1n) is 10.4. The molecule has 2 fully saturated rings. The Kier molecular flexibility index (Phi) is 7.08. The predicted octanol–water partition coefficient (Wildman–Crippen LogP) is 0.00888. The van der Waals surface area contributed by atoms with Gasteiger partial charge in [0.05, 0.1) is 18.2 Å². The number of nitriles is 1. The van der Waals surface area contributed by atoms with Gasteiger partial charge >= 0.3 is 15.2 Å². The molecule has 1 unspecified atom stereocenters. The van der Waals surface area contributed by atoms with Gasteiger partial charge < -0.3 is 39.5 Å². The molecule has 0 radical (unpaired) electrons. The van der Waals surface area contributed by atoms with Crippen LogP contribution in [-0.2, 0) is 18.4 Å². The number of fused-ring (bicyclic) bond motifs is 1. The van der Waals surface area contributed by atoms with E-state index in [0.29, 0.717) is 11.2 Å². The van der Waals surface area contributed by atoms with E-state index >= 15 is 0 Å². The van der Waals surface area contributed by atoms with Gasteiger partial charge in [-0.15, -0.1) is 0 Å². The molecule has 0 aromatic carbocycles. The lowest BCUT2D eigenvalue weighted by molar-refractivity contribution is -0.0541. The van der Waals surface area contributed by atoms with Gasteiger partial charge in [-0.1, -0.05) is 12.8 Å². The van der Waals surface area contributed by atoms with Crippen LogP contribution in [0, 0.1) is 11.3 Å². The highest BCUT2D eigenvalue weighted by Crippen LogP contribution is 2.55. The van der Waals surface area contributed by atoms with E-state index in [2.05, 4.69) is 20.4 Å². The molecular formula is C17H24N6O9P2. The van der Waals surface area contributed by atoms with Crippen LogP contribution >= 0.6 is 15.2 Å². The molecule has 1 saturated carbocycles. The highest BCUT2D eigenvalue weighted by atomic mass is 31.2. The Labute approximate surface area is 193 Å². The van der Waals surface area contributed by atoms with E-state index in [1.54, 1.807) is 0 Å². The monoisotopic (exact) mass is 518 g/mol. The molecule has 1 aliphatic carbocycles. The van der Waals surface area contributed by atoms with Crippen molar-refractivity contribution in [2.24, 2.45) is 0 Å². The molecule has 3 heterocycles. The Bertz CT molecular complexity index is 1190. The van der Waals surface area contributed by atoms with Gasteiger partial charge in [-0.25, -0.2) is 9.67 Å². The second-order valence-electron chi connectivity index (χ2n) is 8.25. The zero-order valence-corrected chi connectivity index (χ0v) is 19.5. The Morgan fingerprint density at radius 2 is 1.91 bits per heavy atom. The number of nitrogens with one attached hydrogen (secondary N) is 1. The summed E-state index contributed by atoms with van der Waals surface area (Å²) in [7, 11) is -9.52. The zero-order chi connectivity index (χ0) is 24.7. The van der Waals surface area contributed by atoms with E-state index in [4.69, 9.17) is 19.0 Å². The van der Waals surface area contributed by atoms with Crippen LogP contribution in [0.3, 0.4) is 0 Å². The molecule has 34 heavy (non-hydrogen) atoms. The fraction of sp³-hybridized carbons (Fsp3) is 0.647. The summed E-state index contributed by atoms with van der Waals surface area (Å²) in [6, 6.07) is 2.06. The second-order valence-corrected chi connectivity index (χ2v) is 12.2. The lowest BCUT2D eigenvalue weighted by Gasteiger charge is -2.18. The van der Waals surface area contributed by atoms with Crippen LogP contribution in [0.1, 0.15) is 37.7 Å². The normalized spacial score (nSPS) is 27.6. The summed E-state index contributed by atoms with van der Waals surface area (Å²) in [5.74, 6) is -1.13. The predicted molar refractivity (Wildman–Crippen MR) is 115 cm³/mol. The van der Waals surface area contributed by atoms with Crippen LogP contribution < -0.4 is 5.32 Å². The van der Waals surface area contributed by atoms with Crippen LogP contribution in [0.2, 0.25) is 0 Å². The molecule has 1 saturated heterocycles. The molecule has 0 bridgehead atoms. The summed E-state index contributed by atoms with van der Waals surface area (Å²) in [5, 5.41) is 38.2. The summed E-state index contributed by atoms with van der Waals surface area (Å²) in [4.78, 5) is 35.8. The van der Waals surface area contributed by atoms with E-state index in [1.165, 1.54) is 10.9 Å². The van der Waals surface area contributed by atoms with Gasteiger partial charge in [0.25, 0.3) is 0 Å². The number of aliphatic hydroxyl groups excluding tert-OH is 2. The molecule has 0 amide bonds. The van der Waals surface area contributed by atoms with Gasteiger partial charge in [-0.3, -0.25) is 9.13 Å². The molecule has 15 nitrogen and oxygen atoms in total. The molecule has 186 valence electrons. The van der Waals surface area contributed by atoms with Crippen LogP contribution in [0.4, 0.5) is 5.82 Å². The largest absolute Gasteiger partial charge is 0.387 e. The summed E-state index contributed by atoms with van der Waals surface area (Å²) in [5.41, 5.74) is 0.166. The van der Waals surface area contributed by atoms with Gasteiger partial charge in [-0.2, -0.15) is 15.3 Å². The van der Waals surface area contributed by atoms with Gasteiger partial charge in [-0.05, 0) is 12.8 Å². The van der Waals surface area contributed by atoms with Crippen molar-refractivity contribution in [1.29, 1.82) is 5.26 Å². The molecule has 2 aromatic heterocycles. The minimum atomic E-state index is -4.83. The maximum Gasteiger partial charge on any atom is 0.340 e. The third-order valence-electron chi connectivity index (χ3n) is 5.63. The summed E-state index contributed by atoms with van der Waals surface area (Å²) < 4.78 is 34.3. The maximum atomic E-state index is 11.9. The first-order chi connectivity index (χ1) is 16.0. The molecule has 1 aliphatic heterocycles. The van der Waals surface area contributed by atoms with Crippen molar-refractivity contribution in [2.45, 2.75) is 56.3 Å². The minimum Gasteiger partial charge on any atom is -0.387 e. The molecule has 5 atom stereocenters. The number of hydrogen-bond acceptors (Lipinski definition) is 11. The average molecular weight is 518 g/mol. The lowest BCUT2D eigenvalue weighted by atomic mass is 10.1. The number of nitrogens with zero attached hydrogens (tertiary/aromatic N) is 5. The third-order valence-corrected chi connectivity index (χ3v) is 9.09. The topological polar surface area (TPSA) is 233 Å². The second kappa shape index (κ2) is 9.58. The Hall–Kier alpha value is -1.98. The molecule has 4 rings (SSSR count). The third kappa shape index (κ3) is 5.46. The van der Waals surface area contributed by atoms with Crippen LogP contribution in [0.25, 0.3) is 11.0 Å². The first kappa shape index (κ1) is 25.1. The number of aromatic nitrogens is 4. The van der Waals surface area contributed by atoms with E-state index in [1.807, 2.05) is 6.07 Å². The van der Waals surface area contributed by atoms with Crippen LogP contribution in [0.5, 0.6) is 0 Å². The summed E-state index contributed by atoms with van der Waals surface area (Å²) in [6.07, 6.45) is -0.235. The van der Waals surface area contributed by atoms with Crippen LogP contribution in [0.15, 0.2) is 6.20 Å². The molecule has 2 aliphatic rings. The highest BCUT2D eigenvalue weighted by Gasteiger charge is 2.46. The summed E-state index contributed by atoms with van der Waals surface area (Å²) >= 11 is 0. The zero-order valence-electron chi connectivity index (χ0n) is 17.7. The van der Waals surface area contributed by atoms with Gasteiger partial charge in [0.1, 0.15) is 30.2 Å². The Balaban J connectivity index is 1.56. The smallest absolute Gasteiger partial charge is 0.340 e.